The molecular weight excluding hydrogens is 337 g/mol. The van der Waals surface area contributed by atoms with E-state index in [2.05, 4.69) is 52.2 Å². The summed E-state index contributed by atoms with van der Waals surface area (Å²) < 4.78 is 6.54. The van der Waals surface area contributed by atoms with Crippen LogP contribution in [0.25, 0.3) is 0 Å². The van der Waals surface area contributed by atoms with Crippen LogP contribution < -0.4 is 5.32 Å². The van der Waals surface area contributed by atoms with E-state index in [-0.39, 0.29) is 0 Å². The average molecular weight is 353 g/mol. The van der Waals surface area contributed by atoms with Gasteiger partial charge in [0.15, 0.2) is 3.77 Å². The van der Waals surface area contributed by atoms with E-state index in [1.807, 2.05) is 12.1 Å². The molecule has 0 bridgehead atoms. The minimum absolute atomic E-state index is 0.470. The third-order valence-electron chi connectivity index (χ3n) is 3.52. The molecule has 1 aliphatic rings. The Morgan fingerprint density at radius 3 is 2.94 bits per heavy atom. The van der Waals surface area contributed by atoms with Gasteiger partial charge in [0.25, 0.3) is 0 Å². The molecule has 3 rings (SSSR count). The first-order valence-corrected chi connectivity index (χ1v) is 7.46. The van der Waals surface area contributed by atoms with E-state index in [4.69, 9.17) is 4.42 Å². The number of rotatable bonds is 3. The van der Waals surface area contributed by atoms with Crippen molar-refractivity contribution in [2.24, 2.45) is 0 Å². The van der Waals surface area contributed by atoms with E-state index in [1.165, 1.54) is 30.4 Å². The number of hydrogen-bond donors (Lipinski definition) is 1. The quantitative estimate of drug-likeness (QED) is 0.843. The summed E-state index contributed by atoms with van der Waals surface area (Å²) in [6, 6.07) is 13.3. The first kappa shape index (κ1) is 12.2. The van der Waals surface area contributed by atoms with E-state index >= 15 is 0 Å². The summed E-state index contributed by atoms with van der Waals surface area (Å²) in [5.41, 5.74) is 2.96. The third kappa shape index (κ3) is 2.62. The molecule has 2 nitrogen and oxygen atoms in total. The molecule has 1 N–H and O–H groups in total. The third-order valence-corrected chi connectivity index (χ3v) is 4.10. The fraction of sp³-hybridized carbons (Fsp3) is 0.333. The van der Waals surface area contributed by atoms with Crippen LogP contribution in [0, 0.1) is 3.77 Å². The minimum atomic E-state index is 0.470. The molecule has 0 spiro atoms. The van der Waals surface area contributed by atoms with Crippen LogP contribution in [0.1, 0.15) is 35.8 Å². The Labute approximate surface area is 121 Å². The topological polar surface area (TPSA) is 25.2 Å². The standard InChI is InChI=1S/C15H16INO/c16-15-9-8-12(18-15)10-17-14-7-3-5-11-4-1-2-6-13(11)14/h1-2,4,6,8-9,14,17H,3,5,7,10H2. The van der Waals surface area contributed by atoms with Gasteiger partial charge < -0.3 is 9.73 Å². The van der Waals surface area contributed by atoms with E-state index in [9.17, 15) is 0 Å². The lowest BCUT2D eigenvalue weighted by Gasteiger charge is -2.26. The van der Waals surface area contributed by atoms with Crippen LogP contribution in [0.2, 0.25) is 0 Å². The predicted molar refractivity (Wildman–Crippen MR) is 80.4 cm³/mol. The largest absolute Gasteiger partial charge is 0.454 e. The van der Waals surface area contributed by atoms with Crippen molar-refractivity contribution in [1.29, 1.82) is 0 Å². The summed E-state index contributed by atoms with van der Waals surface area (Å²) in [7, 11) is 0. The molecule has 94 valence electrons. The first-order chi connectivity index (χ1) is 8.83. The molecule has 3 heteroatoms. The SMILES string of the molecule is Ic1ccc(CNC2CCCc3ccccc32)o1. The summed E-state index contributed by atoms with van der Waals surface area (Å²) in [6.45, 7) is 0.808. The van der Waals surface area contributed by atoms with Crippen molar-refractivity contribution >= 4 is 22.6 Å². The minimum Gasteiger partial charge on any atom is -0.454 e. The molecule has 1 heterocycles. The molecule has 18 heavy (non-hydrogen) atoms. The van der Waals surface area contributed by atoms with Gasteiger partial charge in [0.2, 0.25) is 0 Å². The molecule has 2 aromatic rings. The Bertz CT molecular complexity index is 535. The zero-order valence-corrected chi connectivity index (χ0v) is 12.3. The van der Waals surface area contributed by atoms with E-state index < -0.39 is 0 Å². The zero-order chi connectivity index (χ0) is 12.4. The number of halogens is 1. The second kappa shape index (κ2) is 5.45. The van der Waals surface area contributed by atoms with Crippen molar-refractivity contribution in [3.05, 3.63) is 57.1 Å². The maximum atomic E-state index is 5.59. The van der Waals surface area contributed by atoms with Gasteiger partial charge in [-0.05, 0) is 65.1 Å². The lowest BCUT2D eigenvalue weighted by molar-refractivity contribution is 0.410. The van der Waals surface area contributed by atoms with Crippen LogP contribution in [0.5, 0.6) is 0 Å². The van der Waals surface area contributed by atoms with Crippen molar-refractivity contribution in [2.45, 2.75) is 31.8 Å². The van der Waals surface area contributed by atoms with Crippen LogP contribution in [0.4, 0.5) is 0 Å². The summed E-state index contributed by atoms with van der Waals surface area (Å²) in [5, 5.41) is 3.61. The smallest absolute Gasteiger partial charge is 0.164 e. The number of furan rings is 1. The molecule has 0 aliphatic heterocycles. The number of aryl methyl sites for hydroxylation is 1. The highest BCUT2D eigenvalue weighted by Crippen LogP contribution is 2.29. The Morgan fingerprint density at radius 1 is 1.22 bits per heavy atom. The summed E-state index contributed by atoms with van der Waals surface area (Å²) in [5.74, 6) is 1.02. The molecule has 0 fully saturated rings. The van der Waals surface area contributed by atoms with Gasteiger partial charge in [-0.15, -0.1) is 0 Å². The molecule has 1 aromatic heterocycles. The van der Waals surface area contributed by atoms with Crippen molar-refractivity contribution in [2.75, 3.05) is 0 Å². The molecule has 0 amide bonds. The van der Waals surface area contributed by atoms with Crippen molar-refractivity contribution in [1.82, 2.24) is 5.32 Å². The van der Waals surface area contributed by atoms with Gasteiger partial charge in [-0.2, -0.15) is 0 Å². The lowest BCUT2D eigenvalue weighted by atomic mass is 9.88. The summed E-state index contributed by atoms with van der Waals surface area (Å²) in [6.07, 6.45) is 3.70. The van der Waals surface area contributed by atoms with E-state index in [0.717, 1.165) is 16.1 Å². The summed E-state index contributed by atoms with van der Waals surface area (Å²) >= 11 is 2.20. The highest BCUT2D eigenvalue weighted by atomic mass is 127. The van der Waals surface area contributed by atoms with Gasteiger partial charge in [-0.1, -0.05) is 24.3 Å². The van der Waals surface area contributed by atoms with Crippen molar-refractivity contribution in [3.63, 3.8) is 0 Å². The van der Waals surface area contributed by atoms with Gasteiger partial charge >= 0.3 is 0 Å². The summed E-state index contributed by atoms with van der Waals surface area (Å²) in [4.78, 5) is 0. The zero-order valence-electron chi connectivity index (χ0n) is 10.2. The molecular formula is C15H16INO. The van der Waals surface area contributed by atoms with Crippen molar-refractivity contribution < 1.29 is 4.42 Å². The monoisotopic (exact) mass is 353 g/mol. The molecule has 1 atom stereocenters. The highest BCUT2D eigenvalue weighted by molar-refractivity contribution is 14.1. The Morgan fingerprint density at radius 2 is 2.11 bits per heavy atom. The average Bonchev–Trinajstić information content (AvgIpc) is 2.82. The maximum Gasteiger partial charge on any atom is 0.164 e. The molecule has 0 saturated heterocycles. The van der Waals surface area contributed by atoms with Crippen LogP contribution >= 0.6 is 22.6 Å². The van der Waals surface area contributed by atoms with Crippen LogP contribution in [-0.2, 0) is 13.0 Å². The van der Waals surface area contributed by atoms with Gasteiger partial charge in [-0.3, -0.25) is 0 Å². The predicted octanol–water partition coefficient (Wildman–Crippen LogP) is 4.05. The Hall–Kier alpha value is -0.810. The van der Waals surface area contributed by atoms with E-state index in [0.29, 0.717) is 6.04 Å². The molecule has 1 unspecified atom stereocenters. The fourth-order valence-corrected chi connectivity index (χ4v) is 3.10. The highest BCUT2D eigenvalue weighted by Gasteiger charge is 2.19. The second-order valence-corrected chi connectivity index (χ2v) is 5.79. The van der Waals surface area contributed by atoms with Crippen LogP contribution in [-0.4, -0.2) is 0 Å². The number of hydrogen-bond acceptors (Lipinski definition) is 2. The second-order valence-electron chi connectivity index (χ2n) is 4.73. The Balaban J connectivity index is 1.71. The van der Waals surface area contributed by atoms with Gasteiger partial charge in [0, 0.05) is 6.04 Å². The van der Waals surface area contributed by atoms with E-state index in [1.54, 1.807) is 0 Å². The maximum absolute atomic E-state index is 5.59. The number of nitrogens with one attached hydrogen (secondary N) is 1. The molecule has 0 saturated carbocycles. The van der Waals surface area contributed by atoms with Crippen LogP contribution in [0.15, 0.2) is 40.8 Å². The van der Waals surface area contributed by atoms with Gasteiger partial charge in [0.05, 0.1) is 6.54 Å². The lowest BCUT2D eigenvalue weighted by Crippen LogP contribution is -2.24. The fourth-order valence-electron chi connectivity index (χ4n) is 2.64. The Kier molecular flexibility index (Phi) is 3.70. The van der Waals surface area contributed by atoms with Gasteiger partial charge in [0.1, 0.15) is 5.76 Å². The first-order valence-electron chi connectivity index (χ1n) is 6.38. The number of fused-ring (bicyclic) bond motifs is 1. The van der Waals surface area contributed by atoms with Crippen LogP contribution in [0.3, 0.4) is 0 Å². The van der Waals surface area contributed by atoms with Gasteiger partial charge in [-0.25, -0.2) is 0 Å². The normalized spacial score (nSPS) is 18.6. The molecule has 1 aliphatic carbocycles. The molecule has 1 aromatic carbocycles. The number of benzene rings is 1. The van der Waals surface area contributed by atoms with Crippen molar-refractivity contribution in [3.8, 4) is 0 Å². The molecule has 0 radical (unpaired) electrons.